The van der Waals surface area contributed by atoms with Gasteiger partial charge in [-0.2, -0.15) is 4.98 Å². The highest BCUT2D eigenvalue weighted by Crippen LogP contribution is 2.32. The zero-order valence-electron chi connectivity index (χ0n) is 16.7. The summed E-state index contributed by atoms with van der Waals surface area (Å²) in [5.74, 6) is 1.57. The molecule has 0 saturated heterocycles. The lowest BCUT2D eigenvalue weighted by Crippen LogP contribution is -2.12. The summed E-state index contributed by atoms with van der Waals surface area (Å²) in [5.41, 5.74) is 5.23. The number of anilines is 2. The number of rotatable bonds is 4. The lowest BCUT2D eigenvalue weighted by molar-refractivity contribution is 0.288. The number of fused-ring (bicyclic) bond motifs is 2. The fourth-order valence-corrected chi connectivity index (χ4v) is 3.81. The van der Waals surface area contributed by atoms with Crippen LogP contribution in [0.1, 0.15) is 23.4 Å². The van der Waals surface area contributed by atoms with Crippen LogP contribution in [0, 0.1) is 0 Å². The van der Waals surface area contributed by atoms with Gasteiger partial charge in [0.05, 0.1) is 23.7 Å². The molecule has 2 aromatic carbocycles. The lowest BCUT2D eigenvalue weighted by Gasteiger charge is -2.23. The highest BCUT2D eigenvalue weighted by atomic mass is 16.5. The fraction of sp³-hybridized carbons (Fsp3) is 0.208. The molecule has 0 spiro atoms. The van der Waals surface area contributed by atoms with Gasteiger partial charge >= 0.3 is 0 Å². The topological polar surface area (TPSA) is 71.4 Å². The molecule has 150 valence electrons. The molecule has 0 atom stereocenters. The van der Waals surface area contributed by atoms with Crippen LogP contribution >= 0.6 is 0 Å². The van der Waals surface area contributed by atoms with Crippen molar-refractivity contribution in [2.24, 2.45) is 0 Å². The molecule has 0 aliphatic carbocycles. The Bertz CT molecular complexity index is 1210. The van der Waals surface area contributed by atoms with E-state index in [1.807, 2.05) is 0 Å². The summed E-state index contributed by atoms with van der Waals surface area (Å²) in [6.07, 6.45) is 5.93. The van der Waals surface area contributed by atoms with Crippen LogP contribution in [0.2, 0.25) is 0 Å². The minimum atomic E-state index is -0.00913. The number of nitrogens with zero attached hydrogens (tertiary/aromatic N) is 4. The van der Waals surface area contributed by atoms with Gasteiger partial charge in [-0.25, -0.2) is 4.98 Å². The average Bonchev–Trinajstić information content (AvgIpc) is 2.79. The van der Waals surface area contributed by atoms with Crippen molar-refractivity contribution in [2.75, 3.05) is 18.6 Å². The van der Waals surface area contributed by atoms with Crippen LogP contribution in [0.5, 0.6) is 11.6 Å². The Kier molecular flexibility index (Phi) is 4.67. The maximum absolute atomic E-state index is 10.2. The monoisotopic (exact) mass is 398 g/mol. The van der Waals surface area contributed by atoms with Gasteiger partial charge in [0.25, 0.3) is 0 Å². The summed E-state index contributed by atoms with van der Waals surface area (Å²) in [6.45, 7) is 0.804. The molecule has 4 aromatic rings. The molecule has 6 nitrogen and oxygen atoms in total. The maximum Gasteiger partial charge on any atom is 0.222 e. The quantitative estimate of drug-likeness (QED) is 0.549. The van der Waals surface area contributed by atoms with Crippen LogP contribution in [0.15, 0.2) is 60.9 Å². The van der Waals surface area contributed by atoms with E-state index in [9.17, 15) is 5.11 Å². The zero-order chi connectivity index (χ0) is 20.5. The van der Waals surface area contributed by atoms with Crippen molar-refractivity contribution in [3.05, 3.63) is 77.9 Å². The largest absolute Gasteiger partial charge is 0.493 e. The average molecular weight is 398 g/mol. The predicted molar refractivity (Wildman–Crippen MR) is 117 cm³/mol. The number of aromatic nitrogens is 3. The smallest absolute Gasteiger partial charge is 0.222 e. The number of hydrogen-bond acceptors (Lipinski definition) is 6. The van der Waals surface area contributed by atoms with E-state index < -0.39 is 0 Å². The lowest BCUT2D eigenvalue weighted by atomic mass is 10.0. The molecule has 1 aliphatic rings. The van der Waals surface area contributed by atoms with Gasteiger partial charge in [0.15, 0.2) is 0 Å². The Labute approximate surface area is 174 Å². The van der Waals surface area contributed by atoms with E-state index in [2.05, 4.69) is 69.4 Å². The maximum atomic E-state index is 10.2. The summed E-state index contributed by atoms with van der Waals surface area (Å²) < 4.78 is 5.72. The van der Waals surface area contributed by atoms with Gasteiger partial charge < -0.3 is 14.7 Å². The molecule has 5 rings (SSSR count). The molecule has 0 amide bonds. The molecular weight excluding hydrogens is 376 g/mol. The summed E-state index contributed by atoms with van der Waals surface area (Å²) in [4.78, 5) is 15.0. The third-order valence-corrected chi connectivity index (χ3v) is 5.49. The van der Waals surface area contributed by atoms with E-state index >= 15 is 0 Å². The molecule has 0 saturated carbocycles. The first kappa shape index (κ1) is 18.4. The summed E-state index contributed by atoms with van der Waals surface area (Å²) in [5, 5.41) is 10.8. The first-order chi connectivity index (χ1) is 14.7. The molecule has 1 aliphatic heterocycles. The first-order valence-corrected chi connectivity index (χ1v) is 10.1. The van der Waals surface area contributed by atoms with Crippen molar-refractivity contribution in [1.29, 1.82) is 0 Å². The zero-order valence-corrected chi connectivity index (χ0v) is 16.7. The highest BCUT2D eigenvalue weighted by molar-refractivity contribution is 5.82. The van der Waals surface area contributed by atoms with Gasteiger partial charge in [-0.05, 0) is 60.4 Å². The van der Waals surface area contributed by atoms with Gasteiger partial charge in [0.2, 0.25) is 5.88 Å². The van der Waals surface area contributed by atoms with Crippen LogP contribution in [-0.4, -0.2) is 33.7 Å². The minimum absolute atomic E-state index is 0.00913. The third-order valence-electron chi connectivity index (χ3n) is 5.49. The second-order valence-electron chi connectivity index (χ2n) is 7.50. The van der Waals surface area contributed by atoms with Gasteiger partial charge in [0.1, 0.15) is 11.6 Å². The first-order valence-electron chi connectivity index (χ1n) is 10.1. The van der Waals surface area contributed by atoms with E-state index in [-0.39, 0.29) is 5.88 Å². The number of aromatic hydroxyl groups is 1. The highest BCUT2D eigenvalue weighted by Gasteiger charge is 2.13. The van der Waals surface area contributed by atoms with Crippen molar-refractivity contribution >= 4 is 22.3 Å². The van der Waals surface area contributed by atoms with Crippen LogP contribution in [-0.2, 0) is 12.8 Å². The Morgan fingerprint density at radius 2 is 1.87 bits per heavy atom. The van der Waals surface area contributed by atoms with Crippen molar-refractivity contribution in [3.8, 4) is 11.6 Å². The van der Waals surface area contributed by atoms with Crippen LogP contribution in [0.25, 0.3) is 10.9 Å². The van der Waals surface area contributed by atoms with E-state index in [4.69, 9.17) is 4.74 Å². The molecular formula is C24H22N4O2. The molecule has 0 radical (unpaired) electrons. The van der Waals surface area contributed by atoms with E-state index in [1.54, 1.807) is 18.5 Å². The second kappa shape index (κ2) is 7.63. The number of ether oxygens (including phenoxy) is 1. The number of benzene rings is 2. The molecule has 0 bridgehead atoms. The molecule has 30 heavy (non-hydrogen) atoms. The van der Waals surface area contributed by atoms with Crippen molar-refractivity contribution in [2.45, 2.75) is 19.3 Å². The summed E-state index contributed by atoms with van der Waals surface area (Å²) >= 11 is 0. The minimum Gasteiger partial charge on any atom is -0.493 e. The van der Waals surface area contributed by atoms with Crippen LogP contribution in [0.4, 0.5) is 11.4 Å². The van der Waals surface area contributed by atoms with Crippen LogP contribution in [0.3, 0.4) is 0 Å². The second-order valence-corrected chi connectivity index (χ2v) is 7.50. The predicted octanol–water partition coefficient (Wildman–Crippen LogP) is 4.41. The van der Waals surface area contributed by atoms with Gasteiger partial charge in [-0.3, -0.25) is 4.98 Å². The Balaban J connectivity index is 1.35. The van der Waals surface area contributed by atoms with Crippen molar-refractivity contribution < 1.29 is 9.84 Å². The number of pyridine rings is 1. The van der Waals surface area contributed by atoms with Crippen LogP contribution < -0.4 is 9.64 Å². The normalized spacial score (nSPS) is 13.0. The van der Waals surface area contributed by atoms with E-state index in [0.29, 0.717) is 23.1 Å². The van der Waals surface area contributed by atoms with Gasteiger partial charge in [-0.15, -0.1) is 0 Å². The van der Waals surface area contributed by atoms with Gasteiger partial charge in [0, 0.05) is 31.0 Å². The molecule has 0 fully saturated rings. The van der Waals surface area contributed by atoms with Crippen molar-refractivity contribution in [1.82, 2.24) is 15.0 Å². The number of hydrogen-bond donors (Lipinski definition) is 1. The summed E-state index contributed by atoms with van der Waals surface area (Å²) in [7, 11) is 2.07. The molecule has 0 unspecified atom stereocenters. The van der Waals surface area contributed by atoms with E-state index in [0.717, 1.165) is 42.1 Å². The Hall–Kier alpha value is -3.67. The SMILES string of the molecule is CN(c1ccc(Cc2nc(O)c3ccncc3n2)cc1)c1ccc2c(c1)CCCO2. The molecule has 2 aromatic heterocycles. The fourth-order valence-electron chi connectivity index (χ4n) is 3.81. The third kappa shape index (κ3) is 3.52. The molecule has 1 N–H and O–H groups in total. The molecule has 6 heteroatoms. The standard InChI is InChI=1S/C24H22N4O2/c1-28(19-8-9-22-17(14-19)3-2-12-30-22)18-6-4-16(5-7-18)13-23-26-21-15-25-11-10-20(21)24(29)27-23/h4-11,14-15H,2-3,12-13H2,1H3,(H,26,27,29). The summed E-state index contributed by atoms with van der Waals surface area (Å²) in [6, 6.07) is 16.4. The van der Waals surface area contributed by atoms with Gasteiger partial charge in [-0.1, -0.05) is 12.1 Å². The Morgan fingerprint density at radius 3 is 2.73 bits per heavy atom. The number of aryl methyl sites for hydroxylation is 1. The van der Waals surface area contributed by atoms with E-state index in [1.165, 1.54) is 5.56 Å². The Morgan fingerprint density at radius 1 is 1.03 bits per heavy atom. The van der Waals surface area contributed by atoms with Crippen molar-refractivity contribution in [3.63, 3.8) is 0 Å². The molecule has 3 heterocycles.